The van der Waals surface area contributed by atoms with E-state index in [2.05, 4.69) is 20.9 Å². The summed E-state index contributed by atoms with van der Waals surface area (Å²) in [7, 11) is 0. The number of piperidine rings is 1. The zero-order valence-electron chi connectivity index (χ0n) is 20.0. The third kappa shape index (κ3) is 4.02. The van der Waals surface area contributed by atoms with Crippen LogP contribution in [0.4, 0.5) is 5.82 Å². The van der Waals surface area contributed by atoms with Gasteiger partial charge in [0.25, 0.3) is 5.56 Å². The predicted molar refractivity (Wildman–Crippen MR) is 145 cm³/mol. The SMILES string of the molecule is N#Cc1c(N2CCC[C@H](N)C2)n(-c2ccc(Cl)cc2)c2c(=O)n(Cc3nccc4ccccc34)cnc12. The molecule has 0 spiro atoms. The van der Waals surface area contributed by atoms with Crippen LogP contribution in [0.1, 0.15) is 24.1 Å². The molecule has 2 N–H and O–H groups in total. The third-order valence-corrected chi connectivity index (χ3v) is 7.19. The Labute approximate surface area is 218 Å². The van der Waals surface area contributed by atoms with Crippen molar-refractivity contribution < 1.29 is 0 Å². The van der Waals surface area contributed by atoms with E-state index < -0.39 is 0 Å². The standard InChI is InChI=1S/C28H24ClN7O/c29-19-7-9-21(10-8-19)36-26-25(23(14-30)27(36)34-13-3-5-20(31)15-34)33-17-35(28(26)37)16-24-22-6-2-1-4-18(22)11-12-32-24/h1-2,4,6-12,17,20H,3,5,13,15-16,31H2/t20-/m0/s1. The number of aromatic nitrogens is 4. The van der Waals surface area contributed by atoms with Crippen LogP contribution in [0.5, 0.6) is 0 Å². The number of hydrogen-bond donors (Lipinski definition) is 1. The van der Waals surface area contributed by atoms with Gasteiger partial charge in [-0.25, -0.2) is 4.98 Å². The molecule has 37 heavy (non-hydrogen) atoms. The van der Waals surface area contributed by atoms with Crippen LogP contribution in [0.3, 0.4) is 0 Å². The summed E-state index contributed by atoms with van der Waals surface area (Å²) in [6.07, 6.45) is 5.07. The number of pyridine rings is 1. The number of halogens is 1. The average molecular weight is 510 g/mol. The summed E-state index contributed by atoms with van der Waals surface area (Å²) in [6, 6.07) is 19.4. The molecule has 0 bridgehead atoms. The minimum absolute atomic E-state index is 0.0148. The first-order chi connectivity index (χ1) is 18.0. The molecule has 3 aromatic heterocycles. The van der Waals surface area contributed by atoms with Crippen molar-refractivity contribution in [3.8, 4) is 11.8 Å². The lowest BCUT2D eigenvalue weighted by atomic mass is 10.1. The Balaban J connectivity index is 1.60. The van der Waals surface area contributed by atoms with Gasteiger partial charge >= 0.3 is 0 Å². The summed E-state index contributed by atoms with van der Waals surface area (Å²) in [5, 5.41) is 12.8. The quantitative estimate of drug-likeness (QED) is 0.388. The molecule has 0 unspecified atom stereocenters. The maximum absolute atomic E-state index is 14.1. The zero-order chi connectivity index (χ0) is 25.5. The molecule has 5 aromatic rings. The first-order valence-electron chi connectivity index (χ1n) is 12.2. The van der Waals surface area contributed by atoms with Crippen LogP contribution in [0, 0.1) is 11.3 Å². The third-order valence-electron chi connectivity index (χ3n) is 6.94. The van der Waals surface area contributed by atoms with Crippen LogP contribution in [-0.4, -0.2) is 38.2 Å². The molecule has 1 atom stereocenters. The summed E-state index contributed by atoms with van der Waals surface area (Å²) >= 11 is 6.18. The number of nitrogens with two attached hydrogens (primary N) is 1. The molecule has 0 saturated carbocycles. The first-order valence-corrected chi connectivity index (χ1v) is 12.6. The Hall–Kier alpha value is -4.19. The van der Waals surface area contributed by atoms with Gasteiger partial charge in [0.1, 0.15) is 28.5 Å². The molecule has 2 aromatic carbocycles. The van der Waals surface area contributed by atoms with Gasteiger partial charge in [0.15, 0.2) is 0 Å². The van der Waals surface area contributed by atoms with Crippen LogP contribution < -0.4 is 16.2 Å². The molecule has 0 radical (unpaired) electrons. The van der Waals surface area contributed by atoms with Gasteiger partial charge in [-0.1, -0.05) is 35.9 Å². The zero-order valence-corrected chi connectivity index (χ0v) is 20.8. The predicted octanol–water partition coefficient (Wildman–Crippen LogP) is 4.24. The lowest BCUT2D eigenvalue weighted by Crippen LogP contribution is -2.43. The molecule has 9 heteroatoms. The van der Waals surface area contributed by atoms with Gasteiger partial charge in [-0.3, -0.25) is 18.9 Å². The van der Waals surface area contributed by atoms with Crippen molar-refractivity contribution >= 4 is 39.2 Å². The molecular formula is C28H24ClN7O. The Bertz CT molecular complexity index is 1730. The molecule has 8 nitrogen and oxygen atoms in total. The van der Waals surface area contributed by atoms with Gasteiger partial charge in [0, 0.05) is 41.4 Å². The number of fused-ring (bicyclic) bond motifs is 2. The van der Waals surface area contributed by atoms with Crippen molar-refractivity contribution in [3.05, 3.63) is 93.8 Å². The molecule has 0 amide bonds. The fourth-order valence-corrected chi connectivity index (χ4v) is 5.34. The second-order valence-corrected chi connectivity index (χ2v) is 9.76. The van der Waals surface area contributed by atoms with E-state index in [1.54, 1.807) is 22.9 Å². The van der Waals surface area contributed by atoms with E-state index in [9.17, 15) is 10.1 Å². The van der Waals surface area contributed by atoms with Crippen LogP contribution in [0.25, 0.3) is 27.5 Å². The topological polar surface area (TPSA) is 106 Å². The number of nitriles is 1. The van der Waals surface area contributed by atoms with Crippen LogP contribution >= 0.6 is 11.6 Å². The van der Waals surface area contributed by atoms with Crippen LogP contribution in [0.2, 0.25) is 5.02 Å². The molecule has 4 heterocycles. The monoisotopic (exact) mass is 509 g/mol. The number of anilines is 1. The van der Waals surface area contributed by atoms with Gasteiger partial charge in [0.05, 0.1) is 18.6 Å². The van der Waals surface area contributed by atoms with E-state index in [4.69, 9.17) is 17.3 Å². The van der Waals surface area contributed by atoms with Crippen LogP contribution in [-0.2, 0) is 6.54 Å². The Kier molecular flexibility index (Phi) is 5.87. The van der Waals surface area contributed by atoms with E-state index in [-0.39, 0.29) is 18.1 Å². The molecule has 1 aliphatic heterocycles. The van der Waals surface area contributed by atoms with E-state index >= 15 is 0 Å². The number of rotatable bonds is 4. The smallest absolute Gasteiger partial charge is 0.278 e. The maximum Gasteiger partial charge on any atom is 0.278 e. The number of benzene rings is 2. The Morgan fingerprint density at radius 1 is 1.11 bits per heavy atom. The van der Waals surface area contributed by atoms with Crippen LogP contribution in [0.15, 0.2) is 71.9 Å². The van der Waals surface area contributed by atoms with Crippen molar-refractivity contribution in [2.75, 3.05) is 18.0 Å². The summed E-state index contributed by atoms with van der Waals surface area (Å²) in [5.41, 5.74) is 8.63. The highest BCUT2D eigenvalue weighted by Gasteiger charge is 2.29. The lowest BCUT2D eigenvalue weighted by Gasteiger charge is -2.33. The maximum atomic E-state index is 14.1. The molecule has 1 fully saturated rings. The van der Waals surface area contributed by atoms with E-state index in [0.29, 0.717) is 34.0 Å². The highest BCUT2D eigenvalue weighted by atomic mass is 35.5. The van der Waals surface area contributed by atoms with E-state index in [1.165, 1.54) is 6.33 Å². The van der Waals surface area contributed by atoms with Crippen molar-refractivity contribution in [2.24, 2.45) is 5.73 Å². The molecular weight excluding hydrogens is 486 g/mol. The van der Waals surface area contributed by atoms with Gasteiger partial charge in [0.2, 0.25) is 0 Å². The molecule has 1 aliphatic rings. The largest absolute Gasteiger partial charge is 0.355 e. The Morgan fingerprint density at radius 3 is 2.70 bits per heavy atom. The number of nitrogens with zero attached hydrogens (tertiary/aromatic N) is 6. The fraction of sp³-hybridized carbons (Fsp3) is 0.214. The second kappa shape index (κ2) is 9.36. The average Bonchev–Trinajstić information content (AvgIpc) is 3.26. The fourth-order valence-electron chi connectivity index (χ4n) is 5.22. The van der Waals surface area contributed by atoms with Gasteiger partial charge in [-0.2, -0.15) is 5.26 Å². The number of hydrogen-bond acceptors (Lipinski definition) is 6. The molecule has 6 rings (SSSR count). The van der Waals surface area contributed by atoms with Gasteiger partial charge in [-0.15, -0.1) is 0 Å². The van der Waals surface area contributed by atoms with Crippen molar-refractivity contribution in [1.29, 1.82) is 5.26 Å². The molecule has 0 aliphatic carbocycles. The minimum Gasteiger partial charge on any atom is -0.355 e. The van der Waals surface area contributed by atoms with E-state index in [1.807, 2.05) is 47.0 Å². The highest BCUT2D eigenvalue weighted by molar-refractivity contribution is 6.30. The van der Waals surface area contributed by atoms with E-state index in [0.717, 1.165) is 41.5 Å². The van der Waals surface area contributed by atoms with Crippen molar-refractivity contribution in [1.82, 2.24) is 19.1 Å². The van der Waals surface area contributed by atoms with Crippen molar-refractivity contribution in [3.63, 3.8) is 0 Å². The molecule has 184 valence electrons. The van der Waals surface area contributed by atoms with Gasteiger partial charge < -0.3 is 10.6 Å². The summed E-state index contributed by atoms with van der Waals surface area (Å²) in [6.45, 7) is 1.58. The normalized spacial score (nSPS) is 15.8. The summed E-state index contributed by atoms with van der Waals surface area (Å²) in [4.78, 5) is 25.3. The minimum atomic E-state index is -0.251. The Morgan fingerprint density at radius 2 is 1.92 bits per heavy atom. The molecule has 1 saturated heterocycles. The highest BCUT2D eigenvalue weighted by Crippen LogP contribution is 2.34. The second-order valence-electron chi connectivity index (χ2n) is 9.32. The van der Waals surface area contributed by atoms with Gasteiger partial charge in [-0.05, 0) is 48.6 Å². The summed E-state index contributed by atoms with van der Waals surface area (Å²) in [5.74, 6) is 0.639. The van der Waals surface area contributed by atoms with Crippen molar-refractivity contribution in [2.45, 2.75) is 25.4 Å². The first kappa shape index (κ1) is 23.2. The lowest BCUT2D eigenvalue weighted by molar-refractivity contribution is 0.501. The summed E-state index contributed by atoms with van der Waals surface area (Å²) < 4.78 is 3.39.